The zero-order valence-corrected chi connectivity index (χ0v) is 11.4. The van der Waals surface area contributed by atoms with Gasteiger partial charge in [-0.2, -0.15) is 13.2 Å². The highest BCUT2D eigenvalue weighted by Crippen LogP contribution is 2.34. The van der Waals surface area contributed by atoms with Gasteiger partial charge in [0.15, 0.2) is 0 Å². The molecule has 4 nitrogen and oxygen atoms in total. The van der Waals surface area contributed by atoms with Gasteiger partial charge < -0.3 is 10.4 Å². The number of para-hydroxylation sites is 1. The van der Waals surface area contributed by atoms with Gasteiger partial charge in [0.2, 0.25) is 5.91 Å². The van der Waals surface area contributed by atoms with Crippen LogP contribution in [0.3, 0.4) is 0 Å². The number of alkyl halides is 3. The SMILES string of the molecule is O=C(CN1CCC(O)CC1)Nc1ccccc1C(F)(F)F. The van der Waals surface area contributed by atoms with E-state index in [2.05, 4.69) is 5.32 Å². The maximum absolute atomic E-state index is 12.8. The van der Waals surface area contributed by atoms with E-state index in [4.69, 9.17) is 0 Å². The molecule has 2 rings (SSSR count). The van der Waals surface area contributed by atoms with Crippen LogP contribution < -0.4 is 5.32 Å². The summed E-state index contributed by atoms with van der Waals surface area (Å²) in [5.41, 5.74) is -1.08. The largest absolute Gasteiger partial charge is 0.418 e. The Morgan fingerprint density at radius 2 is 1.90 bits per heavy atom. The highest BCUT2D eigenvalue weighted by molar-refractivity contribution is 5.93. The molecule has 1 fully saturated rings. The van der Waals surface area contributed by atoms with Crippen LogP contribution in [0.5, 0.6) is 0 Å². The molecule has 21 heavy (non-hydrogen) atoms. The lowest BCUT2D eigenvalue weighted by atomic mass is 10.1. The Hall–Kier alpha value is -1.60. The number of hydrogen-bond donors (Lipinski definition) is 2. The molecule has 0 bridgehead atoms. The fourth-order valence-corrected chi connectivity index (χ4v) is 2.31. The van der Waals surface area contributed by atoms with Crippen molar-refractivity contribution in [1.29, 1.82) is 0 Å². The number of hydrogen-bond acceptors (Lipinski definition) is 3. The quantitative estimate of drug-likeness (QED) is 0.899. The minimum atomic E-state index is -4.50. The summed E-state index contributed by atoms with van der Waals surface area (Å²) in [7, 11) is 0. The van der Waals surface area contributed by atoms with Crippen LogP contribution in [0.1, 0.15) is 18.4 Å². The number of aliphatic hydroxyl groups excluding tert-OH is 1. The Morgan fingerprint density at radius 3 is 2.52 bits per heavy atom. The van der Waals surface area contributed by atoms with Gasteiger partial charge in [0.1, 0.15) is 0 Å². The molecule has 1 aliphatic rings. The average molecular weight is 302 g/mol. The molecule has 0 radical (unpaired) electrons. The molecule has 2 N–H and O–H groups in total. The van der Waals surface area contributed by atoms with Crippen molar-refractivity contribution in [2.75, 3.05) is 25.0 Å². The summed E-state index contributed by atoms with van der Waals surface area (Å²) in [6.07, 6.45) is -3.70. The van der Waals surface area contributed by atoms with Gasteiger partial charge in [-0.05, 0) is 25.0 Å². The number of anilines is 1. The number of rotatable bonds is 3. The smallest absolute Gasteiger partial charge is 0.393 e. The molecule has 1 heterocycles. The third-order valence-electron chi connectivity index (χ3n) is 3.43. The lowest BCUT2D eigenvalue weighted by molar-refractivity contribution is -0.137. The zero-order valence-electron chi connectivity index (χ0n) is 11.4. The first-order chi connectivity index (χ1) is 9.86. The molecule has 116 valence electrons. The van der Waals surface area contributed by atoms with Gasteiger partial charge in [-0.3, -0.25) is 9.69 Å². The van der Waals surface area contributed by atoms with E-state index in [0.717, 1.165) is 6.07 Å². The van der Waals surface area contributed by atoms with Crippen molar-refractivity contribution in [2.24, 2.45) is 0 Å². The van der Waals surface area contributed by atoms with Crippen molar-refractivity contribution in [3.63, 3.8) is 0 Å². The van der Waals surface area contributed by atoms with Crippen molar-refractivity contribution in [3.05, 3.63) is 29.8 Å². The number of nitrogens with zero attached hydrogens (tertiary/aromatic N) is 1. The maximum atomic E-state index is 12.8. The average Bonchev–Trinajstić information content (AvgIpc) is 2.41. The Morgan fingerprint density at radius 1 is 1.29 bits per heavy atom. The van der Waals surface area contributed by atoms with Gasteiger partial charge in [0.25, 0.3) is 0 Å². The van der Waals surface area contributed by atoms with E-state index in [-0.39, 0.29) is 18.3 Å². The van der Waals surface area contributed by atoms with Gasteiger partial charge in [0.05, 0.1) is 23.9 Å². The molecule has 1 aliphatic heterocycles. The van der Waals surface area contributed by atoms with E-state index in [9.17, 15) is 23.1 Å². The van der Waals surface area contributed by atoms with Crippen LogP contribution in [-0.2, 0) is 11.0 Å². The summed E-state index contributed by atoms with van der Waals surface area (Å²) in [6.45, 7) is 1.16. The number of likely N-dealkylation sites (tertiary alicyclic amines) is 1. The number of halogens is 3. The second kappa shape index (κ2) is 6.44. The number of aliphatic hydroxyl groups is 1. The number of amides is 1. The molecule has 1 aromatic rings. The third kappa shape index (κ3) is 4.44. The highest BCUT2D eigenvalue weighted by Gasteiger charge is 2.33. The summed E-state index contributed by atoms with van der Waals surface area (Å²) in [5.74, 6) is -0.483. The molecule has 1 aromatic carbocycles. The summed E-state index contributed by atoms with van der Waals surface area (Å²) < 4.78 is 38.4. The lowest BCUT2D eigenvalue weighted by Gasteiger charge is -2.28. The molecule has 0 aliphatic carbocycles. The molecule has 0 spiro atoms. The number of carbonyl (C=O) groups excluding carboxylic acids is 1. The Kier molecular flexibility index (Phi) is 4.84. The Labute approximate surface area is 120 Å². The number of piperidine rings is 1. The summed E-state index contributed by atoms with van der Waals surface area (Å²) in [4.78, 5) is 13.7. The van der Waals surface area contributed by atoms with Gasteiger partial charge >= 0.3 is 6.18 Å². The zero-order chi connectivity index (χ0) is 15.5. The van der Waals surface area contributed by atoms with Crippen molar-refractivity contribution in [1.82, 2.24) is 4.90 Å². The first kappa shape index (κ1) is 15.8. The van der Waals surface area contributed by atoms with Crippen LogP contribution >= 0.6 is 0 Å². The van der Waals surface area contributed by atoms with Crippen molar-refractivity contribution >= 4 is 11.6 Å². The Balaban J connectivity index is 1.97. The predicted molar refractivity (Wildman–Crippen MR) is 71.8 cm³/mol. The first-order valence-corrected chi connectivity index (χ1v) is 6.73. The molecule has 1 amide bonds. The molecule has 0 unspecified atom stereocenters. The van der Waals surface area contributed by atoms with E-state index in [0.29, 0.717) is 25.9 Å². The fourth-order valence-electron chi connectivity index (χ4n) is 2.31. The standard InChI is InChI=1S/C14H17F3N2O2/c15-14(16,17)11-3-1-2-4-12(11)18-13(21)9-19-7-5-10(20)6-8-19/h1-4,10,20H,5-9H2,(H,18,21). The monoisotopic (exact) mass is 302 g/mol. The number of benzene rings is 1. The van der Waals surface area contributed by atoms with E-state index >= 15 is 0 Å². The first-order valence-electron chi connectivity index (χ1n) is 6.73. The highest BCUT2D eigenvalue weighted by atomic mass is 19.4. The summed E-state index contributed by atoms with van der Waals surface area (Å²) in [5, 5.41) is 11.7. The van der Waals surface area contributed by atoms with Crippen LogP contribution in [0, 0.1) is 0 Å². The molecule has 0 saturated carbocycles. The van der Waals surface area contributed by atoms with Crippen LogP contribution in [0.4, 0.5) is 18.9 Å². The second-order valence-corrected chi connectivity index (χ2v) is 5.10. The van der Waals surface area contributed by atoms with Gasteiger partial charge in [-0.15, -0.1) is 0 Å². The summed E-state index contributed by atoms with van der Waals surface area (Å²) >= 11 is 0. The number of nitrogens with one attached hydrogen (secondary N) is 1. The van der Waals surface area contributed by atoms with Crippen LogP contribution in [0.15, 0.2) is 24.3 Å². The van der Waals surface area contributed by atoms with Crippen LogP contribution in [0.2, 0.25) is 0 Å². The van der Waals surface area contributed by atoms with E-state index < -0.39 is 17.6 Å². The van der Waals surface area contributed by atoms with E-state index in [1.165, 1.54) is 18.2 Å². The minimum absolute atomic E-state index is 0.0267. The molecule has 0 atom stereocenters. The van der Waals surface area contributed by atoms with E-state index in [1.807, 2.05) is 4.90 Å². The van der Waals surface area contributed by atoms with E-state index in [1.54, 1.807) is 0 Å². The van der Waals surface area contributed by atoms with Gasteiger partial charge in [0, 0.05) is 13.1 Å². The van der Waals surface area contributed by atoms with Gasteiger partial charge in [-0.25, -0.2) is 0 Å². The van der Waals surface area contributed by atoms with Crippen molar-refractivity contribution in [2.45, 2.75) is 25.1 Å². The number of carbonyl (C=O) groups is 1. The minimum Gasteiger partial charge on any atom is -0.393 e. The van der Waals surface area contributed by atoms with Crippen LogP contribution in [0.25, 0.3) is 0 Å². The molecule has 7 heteroatoms. The predicted octanol–water partition coefficient (Wildman–Crippen LogP) is 2.10. The molecular formula is C14H17F3N2O2. The fraction of sp³-hybridized carbons (Fsp3) is 0.500. The van der Waals surface area contributed by atoms with Gasteiger partial charge in [-0.1, -0.05) is 12.1 Å². The Bertz CT molecular complexity index is 497. The summed E-state index contributed by atoms with van der Waals surface area (Å²) in [6, 6.07) is 4.90. The van der Waals surface area contributed by atoms with Crippen molar-refractivity contribution in [3.8, 4) is 0 Å². The molecule has 0 aromatic heterocycles. The molecular weight excluding hydrogens is 285 g/mol. The molecule has 1 saturated heterocycles. The lowest BCUT2D eigenvalue weighted by Crippen LogP contribution is -2.40. The maximum Gasteiger partial charge on any atom is 0.418 e. The third-order valence-corrected chi connectivity index (χ3v) is 3.43. The second-order valence-electron chi connectivity index (χ2n) is 5.10. The normalized spacial score (nSPS) is 17.7. The topological polar surface area (TPSA) is 52.6 Å². The van der Waals surface area contributed by atoms with Crippen molar-refractivity contribution < 1.29 is 23.1 Å². The van der Waals surface area contributed by atoms with Crippen LogP contribution in [-0.4, -0.2) is 41.7 Å².